The Kier molecular flexibility index (Phi) is 9.08. The Morgan fingerprint density at radius 1 is 1.30 bits per heavy atom. The van der Waals surface area contributed by atoms with Crippen LogP contribution >= 0.6 is 12.4 Å². The number of anilines is 1. The van der Waals surface area contributed by atoms with Crippen molar-refractivity contribution in [1.82, 2.24) is 9.80 Å². The first-order valence-corrected chi connectivity index (χ1v) is 8.77. The number of rotatable bonds is 7. The van der Waals surface area contributed by atoms with Gasteiger partial charge in [-0.1, -0.05) is 6.92 Å². The number of piperidine rings is 1. The number of carbonyl (C=O) groups excluding carboxylic acids is 1. The fraction of sp³-hybridized carbons (Fsp3) is 0.556. The predicted octanol–water partition coefficient (Wildman–Crippen LogP) is 2.58. The van der Waals surface area contributed by atoms with Gasteiger partial charge in [-0.05, 0) is 38.4 Å². The molecule has 9 heteroatoms. The van der Waals surface area contributed by atoms with Crippen molar-refractivity contribution in [3.05, 3.63) is 29.8 Å². The fourth-order valence-corrected chi connectivity index (χ4v) is 3.30. The molecule has 1 unspecified atom stereocenters. The predicted molar refractivity (Wildman–Crippen MR) is 101 cm³/mol. The molecule has 0 aromatic heterocycles. The van der Waals surface area contributed by atoms with Crippen LogP contribution in [-0.2, 0) is 9.59 Å². The van der Waals surface area contributed by atoms with Gasteiger partial charge in [0, 0.05) is 30.9 Å². The van der Waals surface area contributed by atoms with Crippen molar-refractivity contribution in [3.8, 4) is 0 Å². The lowest BCUT2D eigenvalue weighted by Gasteiger charge is -2.39. The Labute approximate surface area is 163 Å². The molecule has 1 aliphatic heterocycles. The molecular weight excluding hydrogens is 380 g/mol. The van der Waals surface area contributed by atoms with Crippen molar-refractivity contribution in [2.24, 2.45) is 0 Å². The zero-order valence-corrected chi connectivity index (χ0v) is 16.3. The zero-order valence-electron chi connectivity index (χ0n) is 15.5. The standard InChI is InChI=1S/C18H25F2N3O3.ClH/c1-3-22(11-17(24)25)14-6-8-23(9-7-14)12(2)18(26)21-13-4-5-15(19)16(20)10-13;/h4-5,10,12,14H,3,6-9,11H2,1-2H3,(H,21,26)(H,24,25);1H. The van der Waals surface area contributed by atoms with Crippen molar-refractivity contribution >= 4 is 30.0 Å². The summed E-state index contributed by atoms with van der Waals surface area (Å²) in [5, 5.41) is 11.6. The van der Waals surface area contributed by atoms with Crippen LogP contribution in [0.2, 0.25) is 0 Å². The minimum Gasteiger partial charge on any atom is -0.480 e. The number of halogens is 3. The largest absolute Gasteiger partial charge is 0.480 e. The van der Waals surface area contributed by atoms with Gasteiger partial charge in [-0.15, -0.1) is 12.4 Å². The van der Waals surface area contributed by atoms with E-state index >= 15 is 0 Å². The average molecular weight is 406 g/mol. The Bertz CT molecular complexity index is 655. The quantitative estimate of drug-likeness (QED) is 0.729. The second-order valence-corrected chi connectivity index (χ2v) is 6.52. The van der Waals surface area contributed by atoms with E-state index in [1.165, 1.54) is 6.07 Å². The SMILES string of the molecule is CCN(CC(=O)O)C1CCN(C(C)C(=O)Nc2ccc(F)c(F)c2)CC1.Cl. The lowest BCUT2D eigenvalue weighted by atomic mass is 10.0. The topological polar surface area (TPSA) is 72.9 Å². The summed E-state index contributed by atoms with van der Waals surface area (Å²) in [6.07, 6.45) is 1.56. The highest BCUT2D eigenvalue weighted by Crippen LogP contribution is 2.19. The maximum Gasteiger partial charge on any atom is 0.317 e. The van der Waals surface area contributed by atoms with Gasteiger partial charge in [0.15, 0.2) is 11.6 Å². The second kappa shape index (κ2) is 10.5. The molecule has 1 saturated heterocycles. The van der Waals surface area contributed by atoms with E-state index in [2.05, 4.69) is 5.32 Å². The number of likely N-dealkylation sites (tertiary alicyclic amines) is 1. The van der Waals surface area contributed by atoms with Gasteiger partial charge >= 0.3 is 5.97 Å². The minimum atomic E-state index is -1.01. The molecule has 1 aromatic rings. The van der Waals surface area contributed by atoms with Crippen LogP contribution in [0.4, 0.5) is 14.5 Å². The summed E-state index contributed by atoms with van der Waals surface area (Å²) in [5.41, 5.74) is 0.217. The number of hydrogen-bond acceptors (Lipinski definition) is 4. The Morgan fingerprint density at radius 3 is 2.44 bits per heavy atom. The maximum absolute atomic E-state index is 13.2. The van der Waals surface area contributed by atoms with Gasteiger partial charge < -0.3 is 10.4 Å². The van der Waals surface area contributed by atoms with Crippen molar-refractivity contribution in [3.63, 3.8) is 0 Å². The van der Waals surface area contributed by atoms with Crippen LogP contribution in [0.1, 0.15) is 26.7 Å². The molecule has 2 rings (SSSR count). The summed E-state index contributed by atoms with van der Waals surface area (Å²) >= 11 is 0. The first-order valence-electron chi connectivity index (χ1n) is 8.77. The number of nitrogens with one attached hydrogen (secondary N) is 1. The number of carboxylic acid groups (broad SMARTS) is 1. The number of carboxylic acids is 1. The minimum absolute atomic E-state index is 0. The van der Waals surface area contributed by atoms with Crippen LogP contribution in [0.15, 0.2) is 18.2 Å². The number of nitrogens with zero attached hydrogens (tertiary/aromatic N) is 2. The molecule has 1 fully saturated rings. The molecule has 0 bridgehead atoms. The lowest BCUT2D eigenvalue weighted by molar-refractivity contribution is -0.139. The Balaban J connectivity index is 0.00000364. The first-order chi connectivity index (χ1) is 12.3. The third-order valence-electron chi connectivity index (χ3n) is 4.87. The molecule has 0 saturated carbocycles. The average Bonchev–Trinajstić information content (AvgIpc) is 2.62. The second-order valence-electron chi connectivity index (χ2n) is 6.52. The molecule has 0 spiro atoms. The fourth-order valence-electron chi connectivity index (χ4n) is 3.30. The lowest BCUT2D eigenvalue weighted by Crippen LogP contribution is -2.51. The van der Waals surface area contributed by atoms with Crippen LogP contribution in [-0.4, -0.2) is 65.0 Å². The first kappa shape index (κ1) is 23.3. The van der Waals surface area contributed by atoms with Gasteiger partial charge in [-0.3, -0.25) is 19.4 Å². The summed E-state index contributed by atoms with van der Waals surface area (Å²) in [4.78, 5) is 27.3. The van der Waals surface area contributed by atoms with E-state index in [1.807, 2.05) is 16.7 Å². The summed E-state index contributed by atoms with van der Waals surface area (Å²) in [6, 6.07) is 3.02. The summed E-state index contributed by atoms with van der Waals surface area (Å²) in [5.74, 6) is -3.09. The summed E-state index contributed by atoms with van der Waals surface area (Å²) < 4.78 is 26.2. The van der Waals surface area contributed by atoms with Gasteiger partial charge in [-0.2, -0.15) is 0 Å². The molecule has 1 aliphatic rings. The highest BCUT2D eigenvalue weighted by molar-refractivity contribution is 5.94. The highest BCUT2D eigenvalue weighted by atomic mass is 35.5. The van der Waals surface area contributed by atoms with E-state index in [9.17, 15) is 18.4 Å². The number of aliphatic carboxylic acids is 1. The van der Waals surface area contributed by atoms with Crippen molar-refractivity contribution in [2.75, 3.05) is 31.5 Å². The number of benzene rings is 1. The molecule has 1 aromatic carbocycles. The Hall–Kier alpha value is -1.77. The molecule has 0 aliphatic carbocycles. The number of likely N-dealkylation sites (N-methyl/N-ethyl adjacent to an activating group) is 1. The molecule has 0 radical (unpaired) electrons. The van der Waals surface area contributed by atoms with Crippen LogP contribution in [0, 0.1) is 11.6 Å². The van der Waals surface area contributed by atoms with Gasteiger partial charge in [0.05, 0.1) is 12.6 Å². The van der Waals surface area contributed by atoms with Crippen LogP contribution in [0.5, 0.6) is 0 Å². The number of carbonyl (C=O) groups is 2. The molecule has 1 amide bonds. The monoisotopic (exact) mass is 405 g/mol. The third kappa shape index (κ3) is 6.41. The molecule has 6 nitrogen and oxygen atoms in total. The summed E-state index contributed by atoms with van der Waals surface area (Å²) in [6.45, 7) is 5.74. The zero-order chi connectivity index (χ0) is 19.3. The van der Waals surface area contributed by atoms with Crippen molar-refractivity contribution in [2.45, 2.75) is 38.8 Å². The summed E-state index contributed by atoms with van der Waals surface area (Å²) in [7, 11) is 0. The van der Waals surface area contributed by atoms with Gasteiger partial charge in [0.1, 0.15) is 0 Å². The van der Waals surface area contributed by atoms with Crippen LogP contribution < -0.4 is 5.32 Å². The van der Waals surface area contributed by atoms with Gasteiger partial charge in [-0.25, -0.2) is 8.78 Å². The van der Waals surface area contributed by atoms with Crippen LogP contribution in [0.25, 0.3) is 0 Å². The molecule has 1 atom stereocenters. The van der Waals surface area contributed by atoms with E-state index in [0.29, 0.717) is 19.6 Å². The van der Waals surface area contributed by atoms with Crippen LogP contribution in [0.3, 0.4) is 0 Å². The molecular formula is C18H26ClF2N3O3. The number of hydrogen-bond donors (Lipinski definition) is 2. The Morgan fingerprint density at radius 2 is 1.93 bits per heavy atom. The highest BCUT2D eigenvalue weighted by Gasteiger charge is 2.29. The molecule has 1 heterocycles. The van der Waals surface area contributed by atoms with Gasteiger partial charge in [0.25, 0.3) is 0 Å². The van der Waals surface area contributed by atoms with E-state index in [0.717, 1.165) is 25.0 Å². The van der Waals surface area contributed by atoms with E-state index in [-0.39, 0.29) is 36.6 Å². The maximum atomic E-state index is 13.2. The van der Waals surface area contributed by atoms with E-state index < -0.39 is 23.6 Å². The molecule has 27 heavy (non-hydrogen) atoms. The number of amides is 1. The third-order valence-corrected chi connectivity index (χ3v) is 4.87. The van der Waals surface area contributed by atoms with Crippen molar-refractivity contribution in [1.29, 1.82) is 0 Å². The molecule has 152 valence electrons. The van der Waals surface area contributed by atoms with Crippen molar-refractivity contribution < 1.29 is 23.5 Å². The van der Waals surface area contributed by atoms with E-state index in [4.69, 9.17) is 5.11 Å². The molecule has 2 N–H and O–H groups in total. The smallest absolute Gasteiger partial charge is 0.317 e. The normalized spacial score (nSPS) is 16.6. The van der Waals surface area contributed by atoms with Gasteiger partial charge in [0.2, 0.25) is 5.91 Å². The van der Waals surface area contributed by atoms with E-state index in [1.54, 1.807) is 6.92 Å².